The van der Waals surface area contributed by atoms with E-state index in [1.54, 1.807) is 0 Å². The van der Waals surface area contributed by atoms with Gasteiger partial charge in [-0.3, -0.25) is 0 Å². The van der Waals surface area contributed by atoms with E-state index in [-0.39, 0.29) is 4.87 Å². The lowest BCUT2D eigenvalue weighted by Crippen LogP contribution is -2.11. The molecule has 1 aromatic carbocycles. The fourth-order valence-electron chi connectivity index (χ4n) is 1.02. The molecule has 0 spiro atoms. The molecule has 0 saturated carbocycles. The third kappa shape index (κ3) is 2.24. The maximum Gasteiger partial charge on any atom is 0.0664 e. The van der Waals surface area contributed by atoms with Crippen LogP contribution in [0.5, 0.6) is 0 Å². The number of rotatable bonds is 2. The molecule has 0 amide bonds. The van der Waals surface area contributed by atoms with Crippen LogP contribution in [0.4, 0.5) is 0 Å². The lowest BCUT2D eigenvalue weighted by Gasteiger charge is -2.20. The van der Waals surface area contributed by atoms with Gasteiger partial charge in [0.2, 0.25) is 0 Å². The zero-order chi connectivity index (χ0) is 9.19. The molecule has 0 saturated heterocycles. The smallest absolute Gasteiger partial charge is 0.0664 e. The number of halogens is 2. The fourth-order valence-corrected chi connectivity index (χ4v) is 1.53. The number of alkyl halides is 1. The molecule has 0 aliphatic carbocycles. The van der Waals surface area contributed by atoms with Crippen LogP contribution in [0.15, 0.2) is 28.7 Å². The molecule has 0 fully saturated rings. The Labute approximate surface area is 87.1 Å². The van der Waals surface area contributed by atoms with Crippen LogP contribution in [0, 0.1) is 0 Å². The zero-order valence-corrected chi connectivity index (χ0v) is 9.61. The molecule has 1 unspecified atom stereocenters. The maximum atomic E-state index is 6.30. The van der Waals surface area contributed by atoms with E-state index in [1.165, 1.54) is 5.56 Å². The van der Waals surface area contributed by atoms with Gasteiger partial charge in [0.1, 0.15) is 0 Å². The molecule has 0 aliphatic rings. The van der Waals surface area contributed by atoms with Gasteiger partial charge >= 0.3 is 0 Å². The highest BCUT2D eigenvalue weighted by atomic mass is 79.9. The largest absolute Gasteiger partial charge is 0.114 e. The molecule has 0 heterocycles. The van der Waals surface area contributed by atoms with Gasteiger partial charge in [-0.15, -0.1) is 11.6 Å². The van der Waals surface area contributed by atoms with E-state index in [0.29, 0.717) is 0 Å². The molecule has 66 valence electrons. The van der Waals surface area contributed by atoms with Crippen LogP contribution in [-0.4, -0.2) is 0 Å². The lowest BCUT2D eigenvalue weighted by atomic mass is 9.98. The van der Waals surface area contributed by atoms with Crippen molar-refractivity contribution in [1.29, 1.82) is 0 Å². The SMILES string of the molecule is CCC(C)(Cl)c1cccc(Br)c1. The molecule has 1 atom stereocenters. The Balaban J connectivity index is 3.03. The summed E-state index contributed by atoms with van der Waals surface area (Å²) in [5.74, 6) is 0. The molecule has 1 rings (SSSR count). The number of hydrogen-bond donors (Lipinski definition) is 0. The minimum absolute atomic E-state index is 0.232. The van der Waals surface area contributed by atoms with E-state index in [4.69, 9.17) is 11.6 Å². The monoisotopic (exact) mass is 246 g/mol. The van der Waals surface area contributed by atoms with Gasteiger partial charge in [0, 0.05) is 4.47 Å². The Hall–Kier alpha value is -0.0100. The molecule has 0 radical (unpaired) electrons. The first-order valence-electron chi connectivity index (χ1n) is 4.01. The second kappa shape index (κ2) is 3.80. The molecule has 2 heteroatoms. The summed E-state index contributed by atoms with van der Waals surface area (Å²) < 4.78 is 1.08. The van der Waals surface area contributed by atoms with Crippen LogP contribution >= 0.6 is 27.5 Å². The average Bonchev–Trinajstić information content (AvgIpc) is 2.05. The minimum atomic E-state index is -0.232. The molecular weight excluding hydrogens is 235 g/mol. The van der Waals surface area contributed by atoms with Crippen LogP contribution in [0.25, 0.3) is 0 Å². The quantitative estimate of drug-likeness (QED) is 0.683. The second-order valence-corrected chi connectivity index (χ2v) is 4.81. The summed E-state index contributed by atoms with van der Waals surface area (Å²) in [6, 6.07) is 8.14. The second-order valence-electron chi connectivity index (χ2n) is 3.06. The van der Waals surface area contributed by atoms with Crippen LogP contribution in [0.3, 0.4) is 0 Å². The van der Waals surface area contributed by atoms with Crippen LogP contribution < -0.4 is 0 Å². The average molecular weight is 248 g/mol. The third-order valence-corrected chi connectivity index (χ3v) is 3.07. The van der Waals surface area contributed by atoms with Crippen molar-refractivity contribution >= 4 is 27.5 Å². The highest BCUT2D eigenvalue weighted by Gasteiger charge is 2.20. The van der Waals surface area contributed by atoms with Crippen molar-refractivity contribution in [3.8, 4) is 0 Å². The Morgan fingerprint density at radius 1 is 1.50 bits per heavy atom. The van der Waals surface area contributed by atoms with Gasteiger partial charge in [-0.1, -0.05) is 35.0 Å². The number of hydrogen-bond acceptors (Lipinski definition) is 0. The van der Waals surface area contributed by atoms with Gasteiger partial charge < -0.3 is 0 Å². The van der Waals surface area contributed by atoms with Crippen molar-refractivity contribution in [3.63, 3.8) is 0 Å². The van der Waals surface area contributed by atoms with Crippen LogP contribution in [-0.2, 0) is 4.87 Å². The van der Waals surface area contributed by atoms with Gasteiger partial charge in [-0.25, -0.2) is 0 Å². The summed E-state index contributed by atoms with van der Waals surface area (Å²) in [6.45, 7) is 4.13. The summed E-state index contributed by atoms with van der Waals surface area (Å²) in [4.78, 5) is -0.232. The summed E-state index contributed by atoms with van der Waals surface area (Å²) >= 11 is 9.72. The van der Waals surface area contributed by atoms with Crippen molar-refractivity contribution in [2.75, 3.05) is 0 Å². The summed E-state index contributed by atoms with van der Waals surface area (Å²) in [5.41, 5.74) is 1.17. The molecule has 0 bridgehead atoms. The summed E-state index contributed by atoms with van der Waals surface area (Å²) in [5, 5.41) is 0. The zero-order valence-electron chi connectivity index (χ0n) is 7.27. The third-order valence-electron chi connectivity index (χ3n) is 2.09. The van der Waals surface area contributed by atoms with E-state index in [0.717, 1.165) is 10.9 Å². The molecule has 0 nitrogen and oxygen atoms in total. The molecule has 0 aromatic heterocycles. The van der Waals surface area contributed by atoms with Crippen LogP contribution in [0.1, 0.15) is 25.8 Å². The van der Waals surface area contributed by atoms with E-state index in [9.17, 15) is 0 Å². The fraction of sp³-hybridized carbons (Fsp3) is 0.400. The Kier molecular flexibility index (Phi) is 3.19. The molecule has 0 aliphatic heterocycles. The minimum Gasteiger partial charge on any atom is -0.114 e. The van der Waals surface area contributed by atoms with Gasteiger partial charge in [0.15, 0.2) is 0 Å². The van der Waals surface area contributed by atoms with E-state index in [1.807, 2.05) is 19.1 Å². The predicted octanol–water partition coefficient (Wildman–Crippen LogP) is 4.31. The Morgan fingerprint density at radius 3 is 2.67 bits per heavy atom. The van der Waals surface area contributed by atoms with Crippen LogP contribution in [0.2, 0.25) is 0 Å². The van der Waals surface area contributed by atoms with E-state index in [2.05, 4.69) is 35.0 Å². The molecule has 1 aromatic rings. The Bertz CT molecular complexity index is 268. The standard InChI is InChI=1S/C10H12BrCl/c1-3-10(2,12)8-5-4-6-9(11)7-8/h4-7H,3H2,1-2H3. The van der Waals surface area contributed by atoms with E-state index >= 15 is 0 Å². The Morgan fingerprint density at radius 2 is 2.17 bits per heavy atom. The molecule has 12 heavy (non-hydrogen) atoms. The highest BCUT2D eigenvalue weighted by molar-refractivity contribution is 9.10. The first-order valence-corrected chi connectivity index (χ1v) is 5.18. The number of benzene rings is 1. The van der Waals surface area contributed by atoms with E-state index < -0.39 is 0 Å². The summed E-state index contributed by atoms with van der Waals surface area (Å²) in [7, 11) is 0. The normalized spacial score (nSPS) is 15.7. The van der Waals surface area contributed by atoms with Crippen molar-refractivity contribution < 1.29 is 0 Å². The molecular formula is C10H12BrCl. The first kappa shape index (κ1) is 10.1. The van der Waals surface area contributed by atoms with Crippen molar-refractivity contribution in [1.82, 2.24) is 0 Å². The lowest BCUT2D eigenvalue weighted by molar-refractivity contribution is 0.650. The maximum absolute atomic E-state index is 6.30. The van der Waals surface area contributed by atoms with Crippen molar-refractivity contribution in [3.05, 3.63) is 34.3 Å². The van der Waals surface area contributed by atoms with Gasteiger partial charge in [0.25, 0.3) is 0 Å². The van der Waals surface area contributed by atoms with Gasteiger partial charge in [-0.2, -0.15) is 0 Å². The highest BCUT2D eigenvalue weighted by Crippen LogP contribution is 2.32. The predicted molar refractivity (Wildman–Crippen MR) is 57.6 cm³/mol. The summed E-state index contributed by atoms with van der Waals surface area (Å²) in [6.07, 6.45) is 0.936. The first-order chi connectivity index (χ1) is 5.56. The topological polar surface area (TPSA) is 0 Å². The molecule has 0 N–H and O–H groups in total. The van der Waals surface area contributed by atoms with Crippen molar-refractivity contribution in [2.24, 2.45) is 0 Å². The van der Waals surface area contributed by atoms with Crippen molar-refractivity contribution in [2.45, 2.75) is 25.1 Å². The van der Waals surface area contributed by atoms with Gasteiger partial charge in [-0.05, 0) is 31.0 Å². The van der Waals surface area contributed by atoms with Gasteiger partial charge in [0.05, 0.1) is 4.87 Å².